The Morgan fingerprint density at radius 2 is 2.08 bits per heavy atom. The van der Waals surface area contributed by atoms with E-state index in [2.05, 4.69) is 5.32 Å². The van der Waals surface area contributed by atoms with Crippen LogP contribution in [-0.2, 0) is 9.59 Å². The first-order valence-electron chi connectivity index (χ1n) is 4.19. The molecule has 2 N–H and O–H groups in total. The highest BCUT2D eigenvalue weighted by molar-refractivity contribution is 5.95. The first kappa shape index (κ1) is 11.7. The smallest absolute Gasteiger partial charge is 0.326 e. The fourth-order valence-electron chi connectivity index (χ4n) is 0.742. The van der Waals surface area contributed by atoms with Crippen LogP contribution in [0.2, 0.25) is 0 Å². The monoisotopic (exact) mass is 185 g/mol. The lowest BCUT2D eigenvalue weighted by Crippen LogP contribution is -2.40. The fourth-order valence-corrected chi connectivity index (χ4v) is 0.742. The summed E-state index contributed by atoms with van der Waals surface area (Å²) in [6, 6.07) is -0.789. The topological polar surface area (TPSA) is 66.4 Å². The Balaban J connectivity index is 4.26. The predicted octanol–water partition coefficient (Wildman–Crippen LogP) is 0.932. The molecule has 0 bridgehead atoms. The highest BCUT2D eigenvalue weighted by atomic mass is 16.4. The second-order valence-electron chi connectivity index (χ2n) is 2.74. The average molecular weight is 185 g/mol. The molecule has 74 valence electrons. The molecule has 0 fully saturated rings. The minimum atomic E-state index is -1.00. The van der Waals surface area contributed by atoms with Crippen molar-refractivity contribution in [1.29, 1.82) is 0 Å². The average Bonchev–Trinajstić information content (AvgIpc) is 2.11. The Morgan fingerprint density at radius 3 is 2.38 bits per heavy atom. The minimum Gasteiger partial charge on any atom is -0.480 e. The van der Waals surface area contributed by atoms with Gasteiger partial charge in [-0.2, -0.15) is 0 Å². The number of carboxylic acids is 1. The molecule has 13 heavy (non-hydrogen) atoms. The van der Waals surface area contributed by atoms with Crippen molar-refractivity contribution in [2.45, 2.75) is 33.2 Å². The van der Waals surface area contributed by atoms with E-state index in [1.165, 1.54) is 0 Å². The zero-order valence-electron chi connectivity index (χ0n) is 8.13. The number of allylic oxidation sites excluding steroid dienone is 1. The standard InChI is InChI=1S/C9H15NO3/c1-4-6(3)8(11)10-7(5-2)9(12)13/h4,7H,5H2,1-3H3,(H,10,11)(H,12,13). The molecule has 1 unspecified atom stereocenters. The van der Waals surface area contributed by atoms with Gasteiger partial charge in [-0.15, -0.1) is 0 Å². The summed E-state index contributed by atoms with van der Waals surface area (Å²) in [5, 5.41) is 11.1. The molecule has 0 aliphatic heterocycles. The maximum atomic E-state index is 11.2. The van der Waals surface area contributed by atoms with Gasteiger partial charge in [-0.1, -0.05) is 13.0 Å². The van der Waals surface area contributed by atoms with Crippen molar-refractivity contribution in [2.75, 3.05) is 0 Å². The van der Waals surface area contributed by atoms with Gasteiger partial charge in [-0.3, -0.25) is 4.79 Å². The van der Waals surface area contributed by atoms with Gasteiger partial charge in [-0.05, 0) is 20.3 Å². The van der Waals surface area contributed by atoms with Gasteiger partial charge in [0.1, 0.15) is 6.04 Å². The second kappa shape index (κ2) is 5.35. The summed E-state index contributed by atoms with van der Waals surface area (Å²) in [6.07, 6.45) is 2.03. The van der Waals surface area contributed by atoms with Crippen LogP contribution < -0.4 is 5.32 Å². The predicted molar refractivity (Wildman–Crippen MR) is 49.3 cm³/mol. The molecule has 0 aromatic heterocycles. The summed E-state index contributed by atoms with van der Waals surface area (Å²) in [5.74, 6) is -1.32. The fraction of sp³-hybridized carbons (Fsp3) is 0.556. The van der Waals surface area contributed by atoms with E-state index < -0.39 is 12.0 Å². The molecule has 1 amide bonds. The number of carbonyl (C=O) groups excluding carboxylic acids is 1. The molecule has 0 aromatic carbocycles. The third-order valence-electron chi connectivity index (χ3n) is 1.80. The summed E-state index contributed by atoms with van der Waals surface area (Å²) >= 11 is 0. The zero-order chi connectivity index (χ0) is 10.4. The molecule has 4 heteroatoms. The lowest BCUT2D eigenvalue weighted by molar-refractivity contribution is -0.141. The highest BCUT2D eigenvalue weighted by Crippen LogP contribution is 1.96. The lowest BCUT2D eigenvalue weighted by Gasteiger charge is -2.11. The van der Waals surface area contributed by atoms with E-state index in [0.717, 1.165) is 0 Å². The maximum absolute atomic E-state index is 11.2. The quantitative estimate of drug-likeness (QED) is 0.640. The molecule has 0 aliphatic carbocycles. The van der Waals surface area contributed by atoms with E-state index >= 15 is 0 Å². The Morgan fingerprint density at radius 1 is 1.54 bits per heavy atom. The minimum absolute atomic E-state index is 0.322. The Labute approximate surface area is 77.6 Å². The molecule has 0 heterocycles. The van der Waals surface area contributed by atoms with Crippen molar-refractivity contribution in [3.05, 3.63) is 11.6 Å². The molecule has 0 saturated carbocycles. The van der Waals surface area contributed by atoms with E-state index in [9.17, 15) is 9.59 Å². The van der Waals surface area contributed by atoms with Gasteiger partial charge in [0.25, 0.3) is 0 Å². The summed E-state index contributed by atoms with van der Waals surface area (Å²) < 4.78 is 0. The van der Waals surface area contributed by atoms with Gasteiger partial charge in [0.05, 0.1) is 0 Å². The normalized spacial score (nSPS) is 13.6. The number of rotatable bonds is 4. The number of nitrogens with one attached hydrogen (secondary N) is 1. The van der Waals surface area contributed by atoms with Crippen LogP contribution in [0.4, 0.5) is 0 Å². The number of hydrogen-bond donors (Lipinski definition) is 2. The summed E-state index contributed by atoms with van der Waals surface area (Å²) in [6.45, 7) is 5.09. The SMILES string of the molecule is CC=C(C)C(=O)NC(CC)C(=O)O. The van der Waals surface area contributed by atoms with Gasteiger partial charge in [-0.25, -0.2) is 4.79 Å². The van der Waals surface area contributed by atoms with Crippen molar-refractivity contribution < 1.29 is 14.7 Å². The van der Waals surface area contributed by atoms with Crippen LogP contribution in [0.15, 0.2) is 11.6 Å². The van der Waals surface area contributed by atoms with Gasteiger partial charge >= 0.3 is 5.97 Å². The summed E-state index contributed by atoms with van der Waals surface area (Å²) in [7, 11) is 0. The number of amides is 1. The first-order chi connectivity index (χ1) is 6.02. The molecule has 0 aromatic rings. The molecular weight excluding hydrogens is 170 g/mol. The summed E-state index contributed by atoms with van der Waals surface area (Å²) in [4.78, 5) is 21.7. The van der Waals surface area contributed by atoms with Crippen LogP contribution in [0, 0.1) is 0 Å². The Hall–Kier alpha value is -1.32. The molecule has 0 saturated heterocycles. The van der Waals surface area contributed by atoms with E-state index in [0.29, 0.717) is 12.0 Å². The van der Waals surface area contributed by atoms with E-state index in [1.807, 2.05) is 0 Å². The van der Waals surface area contributed by atoms with Crippen molar-refractivity contribution in [1.82, 2.24) is 5.32 Å². The largest absolute Gasteiger partial charge is 0.480 e. The molecule has 4 nitrogen and oxygen atoms in total. The van der Waals surface area contributed by atoms with E-state index in [1.54, 1.807) is 26.8 Å². The van der Waals surface area contributed by atoms with E-state index in [-0.39, 0.29) is 5.91 Å². The third kappa shape index (κ3) is 3.73. The zero-order valence-corrected chi connectivity index (χ0v) is 8.13. The van der Waals surface area contributed by atoms with Crippen LogP contribution in [0.25, 0.3) is 0 Å². The van der Waals surface area contributed by atoms with Crippen molar-refractivity contribution in [2.24, 2.45) is 0 Å². The molecule has 1 atom stereocenters. The van der Waals surface area contributed by atoms with Crippen LogP contribution in [-0.4, -0.2) is 23.0 Å². The van der Waals surface area contributed by atoms with Crippen LogP contribution in [0.1, 0.15) is 27.2 Å². The second-order valence-corrected chi connectivity index (χ2v) is 2.74. The van der Waals surface area contributed by atoms with Crippen LogP contribution >= 0.6 is 0 Å². The third-order valence-corrected chi connectivity index (χ3v) is 1.80. The molecular formula is C9H15NO3. The van der Waals surface area contributed by atoms with Gasteiger partial charge < -0.3 is 10.4 Å². The molecule has 0 radical (unpaired) electrons. The van der Waals surface area contributed by atoms with Gasteiger partial charge in [0.15, 0.2) is 0 Å². The Kier molecular flexibility index (Phi) is 4.80. The van der Waals surface area contributed by atoms with Gasteiger partial charge in [0, 0.05) is 5.57 Å². The highest BCUT2D eigenvalue weighted by Gasteiger charge is 2.17. The molecule has 0 aliphatic rings. The number of carboxylic acid groups (broad SMARTS) is 1. The number of hydrogen-bond acceptors (Lipinski definition) is 2. The van der Waals surface area contributed by atoms with E-state index in [4.69, 9.17) is 5.11 Å². The van der Waals surface area contributed by atoms with Gasteiger partial charge in [0.2, 0.25) is 5.91 Å². The Bertz CT molecular complexity index is 233. The maximum Gasteiger partial charge on any atom is 0.326 e. The first-order valence-corrected chi connectivity index (χ1v) is 4.19. The molecule has 0 spiro atoms. The summed E-state index contributed by atoms with van der Waals surface area (Å²) in [5.41, 5.74) is 0.528. The van der Waals surface area contributed by atoms with Crippen LogP contribution in [0.5, 0.6) is 0 Å². The van der Waals surface area contributed by atoms with Crippen molar-refractivity contribution in [3.8, 4) is 0 Å². The number of carbonyl (C=O) groups is 2. The van der Waals surface area contributed by atoms with Crippen LogP contribution in [0.3, 0.4) is 0 Å². The number of aliphatic carboxylic acids is 1. The molecule has 0 rings (SSSR count). The van der Waals surface area contributed by atoms with Crippen molar-refractivity contribution in [3.63, 3.8) is 0 Å². The lowest BCUT2D eigenvalue weighted by atomic mass is 10.2. The van der Waals surface area contributed by atoms with Crippen molar-refractivity contribution >= 4 is 11.9 Å².